The lowest BCUT2D eigenvalue weighted by Gasteiger charge is -2.25. The third-order valence-electron chi connectivity index (χ3n) is 2.75. The molecule has 0 radical (unpaired) electrons. The molecule has 1 aromatic rings. The largest absolute Gasteiger partial charge is 0.481 e. The van der Waals surface area contributed by atoms with E-state index in [1.54, 1.807) is 0 Å². The van der Waals surface area contributed by atoms with Crippen molar-refractivity contribution in [3.63, 3.8) is 0 Å². The molecule has 0 aliphatic rings. The molecular formula is C14H20N2O3. The number of nitrogens with zero attached hydrogens (tertiary/aromatic N) is 1. The van der Waals surface area contributed by atoms with Crippen LogP contribution in [0.1, 0.15) is 20.3 Å². The summed E-state index contributed by atoms with van der Waals surface area (Å²) in [6, 6.07) is 9.33. The number of anilines is 1. The van der Waals surface area contributed by atoms with Crippen LogP contribution in [0.4, 0.5) is 5.69 Å². The standard InChI is InChI=1S/C14H20N2O3/c1-11(2)16(9-8-14(18)19)10-13(17)15-12-6-4-3-5-7-12/h3-7,11H,8-10H2,1-2H3,(H,15,17)(H,18,19). The van der Waals surface area contributed by atoms with Crippen molar-refractivity contribution in [2.75, 3.05) is 18.4 Å². The van der Waals surface area contributed by atoms with E-state index in [0.717, 1.165) is 5.69 Å². The number of hydrogen-bond acceptors (Lipinski definition) is 3. The fraction of sp³-hybridized carbons (Fsp3) is 0.429. The molecule has 1 rings (SSSR count). The first-order chi connectivity index (χ1) is 8.99. The summed E-state index contributed by atoms with van der Waals surface area (Å²) >= 11 is 0. The van der Waals surface area contributed by atoms with Gasteiger partial charge in [-0.1, -0.05) is 18.2 Å². The maximum absolute atomic E-state index is 11.9. The molecule has 0 spiro atoms. The fourth-order valence-corrected chi connectivity index (χ4v) is 1.67. The van der Waals surface area contributed by atoms with Gasteiger partial charge in [-0.05, 0) is 26.0 Å². The second-order valence-electron chi connectivity index (χ2n) is 4.62. The highest BCUT2D eigenvalue weighted by atomic mass is 16.4. The molecular weight excluding hydrogens is 244 g/mol. The number of aliphatic carboxylic acids is 1. The van der Waals surface area contributed by atoms with Gasteiger partial charge >= 0.3 is 5.97 Å². The van der Waals surface area contributed by atoms with Gasteiger partial charge in [0.1, 0.15) is 0 Å². The van der Waals surface area contributed by atoms with Gasteiger partial charge in [-0.15, -0.1) is 0 Å². The fourth-order valence-electron chi connectivity index (χ4n) is 1.67. The second-order valence-corrected chi connectivity index (χ2v) is 4.62. The van der Waals surface area contributed by atoms with Crippen LogP contribution in [0.5, 0.6) is 0 Å². The summed E-state index contributed by atoms with van der Waals surface area (Å²) < 4.78 is 0. The predicted octanol–water partition coefficient (Wildman–Crippen LogP) is 1.81. The Morgan fingerprint density at radius 3 is 2.42 bits per heavy atom. The Hall–Kier alpha value is -1.88. The summed E-state index contributed by atoms with van der Waals surface area (Å²) in [7, 11) is 0. The Labute approximate surface area is 113 Å². The van der Waals surface area contributed by atoms with E-state index in [1.807, 2.05) is 49.1 Å². The van der Waals surface area contributed by atoms with Crippen LogP contribution >= 0.6 is 0 Å². The van der Waals surface area contributed by atoms with Gasteiger partial charge in [0, 0.05) is 18.3 Å². The number of rotatable bonds is 7. The zero-order valence-electron chi connectivity index (χ0n) is 11.3. The third kappa shape index (κ3) is 6.01. The van der Waals surface area contributed by atoms with Crippen LogP contribution < -0.4 is 5.32 Å². The molecule has 104 valence electrons. The van der Waals surface area contributed by atoms with E-state index in [1.165, 1.54) is 0 Å². The molecule has 5 heteroatoms. The first kappa shape index (κ1) is 15.2. The number of nitrogens with one attached hydrogen (secondary N) is 1. The number of amides is 1. The summed E-state index contributed by atoms with van der Waals surface area (Å²) in [6.07, 6.45) is 0.0385. The van der Waals surface area contributed by atoms with Gasteiger partial charge in [0.25, 0.3) is 0 Å². The SMILES string of the molecule is CC(C)N(CCC(=O)O)CC(=O)Nc1ccccc1. The number of para-hydroxylation sites is 1. The Kier molecular flexibility index (Phi) is 6.02. The lowest BCUT2D eigenvalue weighted by Crippen LogP contribution is -2.39. The number of carbonyl (C=O) groups excluding carboxylic acids is 1. The summed E-state index contributed by atoms with van der Waals surface area (Å²) in [5, 5.41) is 11.5. The Balaban J connectivity index is 2.49. The topological polar surface area (TPSA) is 69.6 Å². The highest BCUT2D eigenvalue weighted by molar-refractivity contribution is 5.92. The Morgan fingerprint density at radius 2 is 1.89 bits per heavy atom. The maximum Gasteiger partial charge on any atom is 0.304 e. The van der Waals surface area contributed by atoms with Gasteiger partial charge in [-0.3, -0.25) is 14.5 Å². The van der Waals surface area contributed by atoms with Crippen molar-refractivity contribution in [2.45, 2.75) is 26.3 Å². The third-order valence-corrected chi connectivity index (χ3v) is 2.75. The van der Waals surface area contributed by atoms with Gasteiger partial charge in [-0.25, -0.2) is 0 Å². The second kappa shape index (κ2) is 7.53. The van der Waals surface area contributed by atoms with Gasteiger partial charge in [0.05, 0.1) is 13.0 Å². The lowest BCUT2D eigenvalue weighted by molar-refractivity contribution is -0.137. The molecule has 1 aromatic carbocycles. The molecule has 0 saturated carbocycles. The van der Waals surface area contributed by atoms with E-state index in [9.17, 15) is 9.59 Å². The Morgan fingerprint density at radius 1 is 1.26 bits per heavy atom. The normalized spacial score (nSPS) is 10.7. The number of benzene rings is 1. The molecule has 2 N–H and O–H groups in total. The molecule has 0 aliphatic heterocycles. The van der Waals surface area contributed by atoms with Crippen molar-refractivity contribution in [1.82, 2.24) is 4.90 Å². The minimum atomic E-state index is -0.853. The molecule has 0 unspecified atom stereocenters. The smallest absolute Gasteiger partial charge is 0.304 e. The van der Waals surface area contributed by atoms with Crippen LogP contribution in [-0.2, 0) is 9.59 Å². The zero-order chi connectivity index (χ0) is 14.3. The molecule has 0 aliphatic carbocycles. The minimum absolute atomic E-state index is 0.0385. The maximum atomic E-state index is 11.9. The number of hydrogen-bond donors (Lipinski definition) is 2. The van der Waals surface area contributed by atoms with E-state index in [2.05, 4.69) is 5.32 Å². The van der Waals surface area contributed by atoms with Crippen molar-refractivity contribution < 1.29 is 14.7 Å². The molecule has 0 bridgehead atoms. The lowest BCUT2D eigenvalue weighted by atomic mass is 10.2. The van der Waals surface area contributed by atoms with Crippen LogP contribution in [0.25, 0.3) is 0 Å². The van der Waals surface area contributed by atoms with Crippen LogP contribution in [-0.4, -0.2) is 41.0 Å². The predicted molar refractivity (Wildman–Crippen MR) is 74.0 cm³/mol. The highest BCUT2D eigenvalue weighted by Crippen LogP contribution is 2.06. The molecule has 0 aromatic heterocycles. The molecule has 0 saturated heterocycles. The van der Waals surface area contributed by atoms with Crippen molar-refractivity contribution in [3.05, 3.63) is 30.3 Å². The Bertz CT molecular complexity index is 418. The number of carboxylic acids is 1. The van der Waals surface area contributed by atoms with E-state index in [0.29, 0.717) is 6.54 Å². The van der Waals surface area contributed by atoms with Crippen molar-refractivity contribution in [2.24, 2.45) is 0 Å². The van der Waals surface area contributed by atoms with Crippen LogP contribution in [0.3, 0.4) is 0 Å². The summed E-state index contributed by atoms with van der Waals surface area (Å²) in [4.78, 5) is 24.3. The molecule has 1 amide bonds. The quantitative estimate of drug-likeness (QED) is 0.788. The van der Waals surface area contributed by atoms with E-state index < -0.39 is 5.97 Å². The zero-order valence-corrected chi connectivity index (χ0v) is 11.3. The van der Waals surface area contributed by atoms with Gasteiger partial charge < -0.3 is 10.4 Å². The first-order valence-electron chi connectivity index (χ1n) is 6.30. The van der Waals surface area contributed by atoms with Crippen LogP contribution in [0.15, 0.2) is 30.3 Å². The molecule has 5 nitrogen and oxygen atoms in total. The van der Waals surface area contributed by atoms with Crippen molar-refractivity contribution in [3.8, 4) is 0 Å². The van der Waals surface area contributed by atoms with Crippen molar-refractivity contribution >= 4 is 17.6 Å². The van der Waals surface area contributed by atoms with E-state index in [4.69, 9.17) is 5.11 Å². The van der Waals surface area contributed by atoms with E-state index >= 15 is 0 Å². The average Bonchev–Trinajstić information content (AvgIpc) is 2.35. The molecule has 0 heterocycles. The van der Waals surface area contributed by atoms with Crippen molar-refractivity contribution in [1.29, 1.82) is 0 Å². The highest BCUT2D eigenvalue weighted by Gasteiger charge is 2.15. The monoisotopic (exact) mass is 264 g/mol. The minimum Gasteiger partial charge on any atom is -0.481 e. The van der Waals surface area contributed by atoms with Gasteiger partial charge in [0.15, 0.2) is 0 Å². The van der Waals surface area contributed by atoms with Gasteiger partial charge in [-0.2, -0.15) is 0 Å². The molecule has 19 heavy (non-hydrogen) atoms. The summed E-state index contributed by atoms with van der Waals surface area (Å²) in [5.74, 6) is -0.987. The number of carboxylic acid groups (broad SMARTS) is 1. The molecule has 0 atom stereocenters. The number of carbonyl (C=O) groups is 2. The molecule has 0 fully saturated rings. The van der Waals surface area contributed by atoms with Gasteiger partial charge in [0.2, 0.25) is 5.91 Å². The summed E-state index contributed by atoms with van der Waals surface area (Å²) in [6.45, 7) is 4.45. The average molecular weight is 264 g/mol. The van der Waals surface area contributed by atoms with E-state index in [-0.39, 0.29) is 24.9 Å². The first-order valence-corrected chi connectivity index (χ1v) is 6.30. The summed E-state index contributed by atoms with van der Waals surface area (Å²) in [5.41, 5.74) is 0.745. The van der Waals surface area contributed by atoms with Crippen LogP contribution in [0, 0.1) is 0 Å². The van der Waals surface area contributed by atoms with Crippen LogP contribution in [0.2, 0.25) is 0 Å².